The Bertz CT molecular complexity index is 108. The molecule has 2 N–H and O–H groups in total. The molecule has 1 saturated heterocycles. The number of nitrogens with one attached hydrogen (secondary N) is 2. The topological polar surface area (TPSA) is 24.1 Å². The van der Waals surface area contributed by atoms with Gasteiger partial charge in [-0.05, 0) is 5.92 Å². The van der Waals surface area contributed by atoms with Gasteiger partial charge in [0.15, 0.2) is 0 Å². The average molecular weight is 272 g/mol. The Morgan fingerprint density at radius 1 is 1.10 bits per heavy atom. The summed E-state index contributed by atoms with van der Waals surface area (Å²) in [5.41, 5.74) is 0. The molecule has 0 saturated carbocycles. The second-order valence-corrected chi connectivity index (χ2v) is 4.83. The molecular weight excluding hydrogens is 260 g/mol. The molecule has 1 aliphatic heterocycles. The molecule has 1 heterocycles. The van der Waals surface area contributed by atoms with Gasteiger partial charge in [-0.1, -0.05) is 45.7 Å². The number of hydrogen-bond donors (Lipinski definition) is 2. The number of halogens is 2. The molecular formula is C6H12Br2N2. The van der Waals surface area contributed by atoms with Crippen LogP contribution in [0, 0.1) is 5.92 Å². The van der Waals surface area contributed by atoms with Crippen molar-refractivity contribution < 1.29 is 0 Å². The lowest BCUT2D eigenvalue weighted by molar-refractivity contribution is 0.413. The van der Waals surface area contributed by atoms with Gasteiger partial charge in [-0.2, -0.15) is 0 Å². The largest absolute Gasteiger partial charge is 0.287 e. The van der Waals surface area contributed by atoms with Gasteiger partial charge in [0.05, 0.1) is 16.1 Å². The molecule has 2 unspecified atom stereocenters. The highest BCUT2D eigenvalue weighted by atomic mass is 79.9. The van der Waals surface area contributed by atoms with Crippen LogP contribution in [-0.4, -0.2) is 16.1 Å². The Labute approximate surface area is 78.4 Å². The van der Waals surface area contributed by atoms with Crippen molar-refractivity contribution in [2.45, 2.75) is 29.9 Å². The Hall–Kier alpha value is 0.880. The van der Waals surface area contributed by atoms with Crippen molar-refractivity contribution in [3.05, 3.63) is 0 Å². The zero-order valence-corrected chi connectivity index (χ0v) is 9.24. The lowest BCUT2D eigenvalue weighted by Crippen LogP contribution is -2.37. The molecule has 0 aromatic rings. The van der Waals surface area contributed by atoms with E-state index in [0.717, 1.165) is 0 Å². The van der Waals surface area contributed by atoms with Crippen LogP contribution >= 0.6 is 31.9 Å². The second-order valence-electron chi connectivity index (χ2n) is 2.86. The van der Waals surface area contributed by atoms with Gasteiger partial charge in [0.1, 0.15) is 0 Å². The maximum atomic E-state index is 3.49. The van der Waals surface area contributed by atoms with Crippen LogP contribution in [0.5, 0.6) is 0 Å². The standard InChI is InChI=1S/C6H12Br2N2/c1-3(2)6-9-4(7)5(8)10-6/h3-6,9-10H,1-2H3. The molecule has 0 aromatic carbocycles. The maximum absolute atomic E-state index is 3.49. The van der Waals surface area contributed by atoms with E-state index in [4.69, 9.17) is 0 Å². The monoisotopic (exact) mass is 270 g/mol. The molecule has 0 radical (unpaired) electrons. The van der Waals surface area contributed by atoms with Crippen molar-refractivity contribution in [2.75, 3.05) is 0 Å². The molecule has 4 heteroatoms. The lowest BCUT2D eigenvalue weighted by atomic mass is 10.2. The molecule has 0 amide bonds. The molecule has 1 aliphatic rings. The summed E-state index contributed by atoms with van der Waals surface area (Å²) in [4.78, 5) is 0.694. The molecule has 10 heavy (non-hydrogen) atoms. The lowest BCUT2D eigenvalue weighted by Gasteiger charge is -2.14. The third kappa shape index (κ3) is 1.94. The Balaban J connectivity index is 2.41. The van der Waals surface area contributed by atoms with E-state index in [2.05, 4.69) is 56.3 Å². The van der Waals surface area contributed by atoms with Gasteiger partial charge in [-0.15, -0.1) is 0 Å². The van der Waals surface area contributed by atoms with Gasteiger partial charge >= 0.3 is 0 Å². The molecule has 0 aromatic heterocycles. The summed E-state index contributed by atoms with van der Waals surface area (Å²) >= 11 is 6.98. The number of hydrogen-bond acceptors (Lipinski definition) is 2. The van der Waals surface area contributed by atoms with E-state index in [1.807, 2.05) is 0 Å². The van der Waals surface area contributed by atoms with Gasteiger partial charge < -0.3 is 0 Å². The first-order valence-electron chi connectivity index (χ1n) is 3.41. The van der Waals surface area contributed by atoms with Crippen molar-refractivity contribution in [1.82, 2.24) is 10.6 Å². The van der Waals surface area contributed by atoms with Crippen molar-refractivity contribution in [2.24, 2.45) is 5.92 Å². The van der Waals surface area contributed by atoms with Crippen LogP contribution in [0.25, 0.3) is 0 Å². The van der Waals surface area contributed by atoms with Crippen LogP contribution in [0.15, 0.2) is 0 Å². The maximum Gasteiger partial charge on any atom is 0.0899 e. The number of alkyl halides is 2. The fraction of sp³-hybridized carbons (Fsp3) is 1.00. The molecule has 0 bridgehead atoms. The minimum Gasteiger partial charge on any atom is -0.287 e. The van der Waals surface area contributed by atoms with Crippen LogP contribution in [0.4, 0.5) is 0 Å². The highest BCUT2D eigenvalue weighted by molar-refractivity contribution is 9.12. The normalized spacial score (nSPS) is 41.1. The molecule has 1 fully saturated rings. The first-order valence-corrected chi connectivity index (χ1v) is 5.24. The zero-order chi connectivity index (χ0) is 7.72. The van der Waals surface area contributed by atoms with Crippen LogP contribution < -0.4 is 10.6 Å². The fourth-order valence-corrected chi connectivity index (χ4v) is 1.82. The molecule has 0 aliphatic carbocycles. The van der Waals surface area contributed by atoms with Gasteiger partial charge in [0.25, 0.3) is 0 Å². The van der Waals surface area contributed by atoms with Crippen LogP contribution in [0.3, 0.4) is 0 Å². The van der Waals surface area contributed by atoms with Crippen LogP contribution in [-0.2, 0) is 0 Å². The van der Waals surface area contributed by atoms with Crippen LogP contribution in [0.2, 0.25) is 0 Å². The van der Waals surface area contributed by atoms with Gasteiger partial charge in [-0.25, -0.2) is 0 Å². The molecule has 1 rings (SSSR count). The zero-order valence-electron chi connectivity index (χ0n) is 6.07. The summed E-state index contributed by atoms with van der Waals surface area (Å²) < 4.78 is 0. The van der Waals surface area contributed by atoms with Crippen molar-refractivity contribution in [1.29, 1.82) is 0 Å². The summed E-state index contributed by atoms with van der Waals surface area (Å²) in [6.07, 6.45) is 0.425. The smallest absolute Gasteiger partial charge is 0.0899 e. The minimum absolute atomic E-state index is 0.347. The third-order valence-corrected chi connectivity index (χ3v) is 3.90. The molecule has 2 nitrogen and oxygen atoms in total. The van der Waals surface area contributed by atoms with Gasteiger partial charge in [0, 0.05) is 0 Å². The van der Waals surface area contributed by atoms with Gasteiger partial charge in [-0.3, -0.25) is 10.6 Å². The van der Waals surface area contributed by atoms with Gasteiger partial charge in [0.2, 0.25) is 0 Å². The van der Waals surface area contributed by atoms with E-state index in [1.165, 1.54) is 0 Å². The Morgan fingerprint density at radius 2 is 1.50 bits per heavy atom. The number of rotatable bonds is 1. The SMILES string of the molecule is CC(C)C1NC(Br)C(Br)N1. The van der Waals surface area contributed by atoms with Crippen molar-refractivity contribution >= 4 is 31.9 Å². The molecule has 60 valence electrons. The predicted molar refractivity (Wildman–Crippen MR) is 50.3 cm³/mol. The highest BCUT2D eigenvalue weighted by Crippen LogP contribution is 2.18. The highest BCUT2D eigenvalue weighted by Gasteiger charge is 2.30. The van der Waals surface area contributed by atoms with Crippen molar-refractivity contribution in [3.8, 4) is 0 Å². The van der Waals surface area contributed by atoms with E-state index >= 15 is 0 Å². The van der Waals surface area contributed by atoms with E-state index < -0.39 is 0 Å². The van der Waals surface area contributed by atoms with E-state index in [-0.39, 0.29) is 0 Å². The molecule has 2 atom stereocenters. The summed E-state index contributed by atoms with van der Waals surface area (Å²) in [6.45, 7) is 4.38. The Kier molecular flexibility index (Phi) is 3.16. The minimum atomic E-state index is 0.347. The fourth-order valence-electron chi connectivity index (χ4n) is 0.945. The quantitative estimate of drug-likeness (QED) is 0.559. The summed E-state index contributed by atoms with van der Waals surface area (Å²) in [7, 11) is 0. The second kappa shape index (κ2) is 3.52. The van der Waals surface area contributed by atoms with Crippen LogP contribution in [0.1, 0.15) is 13.8 Å². The predicted octanol–water partition coefficient (Wildman–Crippen LogP) is 1.60. The summed E-state index contributed by atoms with van der Waals surface area (Å²) in [5, 5.41) is 6.72. The summed E-state index contributed by atoms with van der Waals surface area (Å²) in [5.74, 6) is 0.627. The molecule has 0 spiro atoms. The van der Waals surface area contributed by atoms with E-state index in [0.29, 0.717) is 22.0 Å². The van der Waals surface area contributed by atoms with E-state index in [1.54, 1.807) is 0 Å². The van der Waals surface area contributed by atoms with Crippen molar-refractivity contribution in [3.63, 3.8) is 0 Å². The Morgan fingerprint density at radius 3 is 1.70 bits per heavy atom. The average Bonchev–Trinajstić information content (AvgIpc) is 2.13. The first-order chi connectivity index (χ1) is 4.61. The third-order valence-electron chi connectivity index (χ3n) is 1.60. The summed E-state index contributed by atoms with van der Waals surface area (Å²) in [6, 6.07) is 0. The van der Waals surface area contributed by atoms with E-state index in [9.17, 15) is 0 Å². The first kappa shape index (κ1) is 8.97.